The van der Waals surface area contributed by atoms with Crippen molar-refractivity contribution >= 4 is 76.7 Å². The van der Waals surface area contributed by atoms with Gasteiger partial charge in [-0.2, -0.15) is 0 Å². The Morgan fingerprint density at radius 2 is 0.807 bits per heavy atom. The predicted octanol–water partition coefficient (Wildman–Crippen LogP) is 13.5. The fourth-order valence-corrected chi connectivity index (χ4v) is 10.1. The van der Waals surface area contributed by atoms with Gasteiger partial charge in [-0.05, 0) is 110 Å². The lowest BCUT2D eigenvalue weighted by Gasteiger charge is -2.23. The summed E-state index contributed by atoms with van der Waals surface area (Å²) in [5, 5.41) is 7.26. The van der Waals surface area contributed by atoms with Crippen molar-refractivity contribution in [2.45, 2.75) is 19.3 Å². The first kappa shape index (κ1) is 31.0. The highest BCUT2D eigenvalue weighted by Gasteiger charge is 2.36. The molecule has 0 saturated carbocycles. The van der Waals surface area contributed by atoms with Crippen molar-refractivity contribution in [2.75, 3.05) is 0 Å². The van der Waals surface area contributed by atoms with Crippen molar-refractivity contribution < 1.29 is 0 Å². The van der Waals surface area contributed by atoms with Crippen LogP contribution in [0.2, 0.25) is 0 Å². The van der Waals surface area contributed by atoms with Gasteiger partial charge in [-0.25, -0.2) is 9.97 Å². The number of imidazole rings is 2. The van der Waals surface area contributed by atoms with Crippen molar-refractivity contribution in [1.82, 2.24) is 18.8 Å². The summed E-state index contributed by atoms with van der Waals surface area (Å²) < 4.78 is 4.68. The van der Waals surface area contributed by atoms with Gasteiger partial charge in [0.25, 0.3) is 0 Å². The summed E-state index contributed by atoms with van der Waals surface area (Å²) in [5.41, 5.74) is 18.7. The number of para-hydroxylation sites is 4. The zero-order chi connectivity index (χ0) is 37.6. The van der Waals surface area contributed by atoms with Crippen LogP contribution in [0, 0.1) is 0 Å². The molecule has 0 spiro atoms. The maximum absolute atomic E-state index is 5.12. The molecule has 4 heterocycles. The van der Waals surface area contributed by atoms with Crippen molar-refractivity contribution in [2.24, 2.45) is 0 Å². The number of rotatable bonds is 2. The van der Waals surface area contributed by atoms with Crippen molar-refractivity contribution in [1.29, 1.82) is 0 Å². The smallest absolute Gasteiger partial charge is 0.146 e. The lowest BCUT2D eigenvalue weighted by atomic mass is 9.80. The lowest BCUT2D eigenvalue weighted by Crippen LogP contribution is -2.15. The van der Waals surface area contributed by atoms with E-state index >= 15 is 0 Å². The van der Waals surface area contributed by atoms with E-state index < -0.39 is 0 Å². The number of fused-ring (bicyclic) bond motifs is 19. The molecule has 0 amide bonds. The summed E-state index contributed by atoms with van der Waals surface area (Å²) in [7, 11) is 0. The van der Waals surface area contributed by atoms with Gasteiger partial charge in [0.1, 0.15) is 11.3 Å². The molecule has 13 rings (SSSR count). The van der Waals surface area contributed by atoms with Crippen LogP contribution in [0.1, 0.15) is 25.0 Å². The van der Waals surface area contributed by atoms with E-state index in [4.69, 9.17) is 9.97 Å². The minimum atomic E-state index is -0.178. The van der Waals surface area contributed by atoms with Crippen molar-refractivity contribution in [3.8, 4) is 33.4 Å². The van der Waals surface area contributed by atoms with E-state index in [0.29, 0.717) is 0 Å². The van der Waals surface area contributed by atoms with Crippen LogP contribution in [0.25, 0.3) is 110 Å². The average molecular weight is 727 g/mol. The maximum atomic E-state index is 5.12. The Morgan fingerprint density at radius 3 is 1.42 bits per heavy atom. The summed E-state index contributed by atoms with van der Waals surface area (Å²) in [4.78, 5) is 10.2. The zero-order valence-corrected chi connectivity index (χ0v) is 31.5. The minimum absolute atomic E-state index is 0.178. The van der Waals surface area contributed by atoms with Gasteiger partial charge in [0, 0.05) is 27.0 Å². The molecule has 266 valence electrons. The van der Waals surface area contributed by atoms with Gasteiger partial charge in [-0.15, -0.1) is 0 Å². The third kappa shape index (κ3) is 4.11. The number of hydrogen-bond donors (Lipinski definition) is 0. The Labute approximate surface area is 327 Å². The number of benzene rings is 8. The van der Waals surface area contributed by atoms with E-state index in [1.807, 2.05) is 0 Å². The first-order chi connectivity index (χ1) is 28.0. The lowest BCUT2D eigenvalue weighted by molar-refractivity contribution is 0.661. The first-order valence-corrected chi connectivity index (χ1v) is 19.7. The molecule has 4 nitrogen and oxygen atoms in total. The summed E-state index contributed by atoms with van der Waals surface area (Å²) in [6.45, 7) is 4.77. The second-order valence-corrected chi connectivity index (χ2v) is 16.2. The quantitative estimate of drug-likeness (QED) is 0.166. The van der Waals surface area contributed by atoms with Crippen LogP contribution in [-0.2, 0) is 5.41 Å². The zero-order valence-electron chi connectivity index (χ0n) is 31.5. The number of aromatic nitrogens is 4. The van der Waals surface area contributed by atoms with Crippen LogP contribution >= 0.6 is 0 Å². The molecule has 1 aliphatic carbocycles. The molecule has 0 aliphatic heterocycles. The Bertz CT molecular complexity index is 3730. The summed E-state index contributed by atoms with van der Waals surface area (Å²) in [6.07, 6.45) is 0. The highest BCUT2D eigenvalue weighted by atomic mass is 15.0. The average Bonchev–Trinajstić information content (AvgIpc) is 3.92. The molecule has 0 saturated heterocycles. The van der Waals surface area contributed by atoms with Crippen LogP contribution in [0.15, 0.2) is 170 Å². The van der Waals surface area contributed by atoms with Gasteiger partial charge >= 0.3 is 0 Å². The third-order valence-corrected chi connectivity index (χ3v) is 12.9. The number of nitrogens with zero attached hydrogens (tertiary/aromatic N) is 4. The Balaban J connectivity index is 0.944. The first-order valence-electron chi connectivity index (χ1n) is 19.7. The van der Waals surface area contributed by atoms with E-state index in [-0.39, 0.29) is 5.41 Å². The predicted molar refractivity (Wildman–Crippen MR) is 237 cm³/mol. The van der Waals surface area contributed by atoms with Crippen LogP contribution in [-0.4, -0.2) is 18.8 Å². The van der Waals surface area contributed by atoms with Crippen molar-refractivity contribution in [3.05, 3.63) is 181 Å². The maximum Gasteiger partial charge on any atom is 0.146 e. The van der Waals surface area contributed by atoms with Crippen molar-refractivity contribution in [3.63, 3.8) is 0 Å². The van der Waals surface area contributed by atoms with Gasteiger partial charge in [-0.3, -0.25) is 8.80 Å². The van der Waals surface area contributed by atoms with Crippen LogP contribution in [0.3, 0.4) is 0 Å². The molecule has 1 aliphatic rings. The normalized spacial score (nSPS) is 13.6. The third-order valence-electron chi connectivity index (χ3n) is 12.9. The van der Waals surface area contributed by atoms with E-state index in [1.54, 1.807) is 0 Å². The van der Waals surface area contributed by atoms with Gasteiger partial charge in [0.15, 0.2) is 0 Å². The molecular formula is C53H34N4. The molecule has 0 unspecified atom stereocenters. The molecule has 57 heavy (non-hydrogen) atoms. The van der Waals surface area contributed by atoms with E-state index in [1.165, 1.54) is 87.9 Å². The van der Waals surface area contributed by atoms with E-state index in [0.717, 1.165) is 33.4 Å². The van der Waals surface area contributed by atoms with Gasteiger partial charge < -0.3 is 0 Å². The van der Waals surface area contributed by atoms with Gasteiger partial charge in [-0.1, -0.05) is 129 Å². The standard InChI is InChI=1S/C53H34N4/c1-53(2)43-28-32(31-22-26-47-42(27-31)36-12-4-6-14-41(36)51-54-45-15-7-9-17-48(45)56(47)51)19-23-37(43)38-24-20-33(29-44(38)53)34-21-25-39-35-11-3-5-13-40(35)52-55-46-16-8-10-18-49(46)57(52)50(39)30-34/h3-30H,1-2H3. The Morgan fingerprint density at radius 1 is 0.351 bits per heavy atom. The molecule has 0 bridgehead atoms. The summed E-state index contributed by atoms with van der Waals surface area (Å²) in [6, 6.07) is 62.3. The SMILES string of the molecule is CC1(C)c2cc(-c3ccc4c(c3)c3ccccc3c3nc5ccccc5n43)ccc2-c2ccc(-c3ccc4c5ccccc5c5nc6ccccc6n5c4c3)cc21. The fraction of sp³-hybridized carbons (Fsp3) is 0.0566. The monoisotopic (exact) mass is 726 g/mol. The highest BCUT2D eigenvalue weighted by molar-refractivity contribution is 6.16. The summed E-state index contributed by atoms with van der Waals surface area (Å²) >= 11 is 0. The second-order valence-electron chi connectivity index (χ2n) is 16.2. The van der Waals surface area contributed by atoms with Crippen LogP contribution < -0.4 is 0 Å². The summed E-state index contributed by atoms with van der Waals surface area (Å²) in [5.74, 6) is 0. The van der Waals surface area contributed by atoms with Crippen LogP contribution in [0.5, 0.6) is 0 Å². The van der Waals surface area contributed by atoms with Crippen LogP contribution in [0.4, 0.5) is 0 Å². The molecule has 4 aromatic heterocycles. The highest BCUT2D eigenvalue weighted by Crippen LogP contribution is 2.51. The molecule has 4 heteroatoms. The molecule has 8 aromatic carbocycles. The fourth-order valence-electron chi connectivity index (χ4n) is 10.1. The Hall–Kier alpha value is -7.30. The van der Waals surface area contributed by atoms with Gasteiger partial charge in [0.2, 0.25) is 0 Å². The topological polar surface area (TPSA) is 34.6 Å². The van der Waals surface area contributed by atoms with Gasteiger partial charge in [0.05, 0.1) is 33.1 Å². The Kier molecular flexibility index (Phi) is 5.94. The molecule has 0 N–H and O–H groups in total. The minimum Gasteiger partial charge on any atom is -0.292 e. The largest absolute Gasteiger partial charge is 0.292 e. The van der Waals surface area contributed by atoms with E-state index in [2.05, 4.69) is 193 Å². The second kappa shape index (κ2) is 10.9. The molecule has 12 aromatic rings. The number of pyridine rings is 2. The number of hydrogen-bond acceptors (Lipinski definition) is 2. The van der Waals surface area contributed by atoms with E-state index in [9.17, 15) is 0 Å². The molecule has 0 atom stereocenters. The molecule has 0 fully saturated rings. The molecular weight excluding hydrogens is 693 g/mol. The molecule has 0 radical (unpaired) electrons.